The molecule has 0 saturated heterocycles. The van der Waals surface area contributed by atoms with Crippen molar-refractivity contribution in [3.63, 3.8) is 0 Å². The van der Waals surface area contributed by atoms with E-state index in [1.807, 2.05) is 0 Å². The lowest BCUT2D eigenvalue weighted by Crippen LogP contribution is -2.18. The Morgan fingerprint density at radius 1 is 0.593 bits per heavy atom. The van der Waals surface area contributed by atoms with Crippen LogP contribution in [0.1, 0.15) is 97.4 Å². The molecule has 3 nitrogen and oxygen atoms in total. The maximum Gasteiger partial charge on any atom is 0.140 e. The summed E-state index contributed by atoms with van der Waals surface area (Å²) in [4.78, 5) is 4.87. The maximum atomic E-state index is 4.87. The summed E-state index contributed by atoms with van der Waals surface area (Å²) < 4.78 is 4.82. The van der Waals surface area contributed by atoms with Gasteiger partial charge in [-0.2, -0.15) is 0 Å². The molecule has 0 N–H and O–H groups in total. The molecule has 0 bridgehead atoms. The molecule has 4 aromatic carbocycles. The van der Waals surface area contributed by atoms with Gasteiger partial charge in [0.1, 0.15) is 5.82 Å². The third kappa shape index (κ3) is 5.78. The molecule has 0 radical (unpaired) electrons. The third-order valence-electron chi connectivity index (χ3n) is 12.1. The van der Waals surface area contributed by atoms with Crippen LogP contribution in [0.2, 0.25) is 0 Å². The Morgan fingerprint density at radius 3 is 1.54 bits per heavy atom. The van der Waals surface area contributed by atoms with Crippen LogP contribution in [-0.4, -0.2) is 15.3 Å². The number of hydrogen-bond donors (Lipinski definition) is 0. The maximum absolute atomic E-state index is 4.87. The fourth-order valence-corrected chi connectivity index (χ4v) is 9.09. The Labute approximate surface area is 320 Å². The molecule has 6 aromatic rings. The van der Waals surface area contributed by atoms with Crippen LogP contribution in [0.5, 0.6) is 0 Å². The van der Waals surface area contributed by atoms with Crippen molar-refractivity contribution in [2.24, 2.45) is 4.99 Å². The van der Waals surface area contributed by atoms with Crippen molar-refractivity contribution in [3.8, 4) is 33.6 Å². The van der Waals surface area contributed by atoms with Gasteiger partial charge in [-0.1, -0.05) is 112 Å². The third-order valence-corrected chi connectivity index (χ3v) is 12.1. The SMILES string of the molecule is C/C=C\c1c(CC)c2c(n1-c1ccc(-c3ccc(C(C)(C)c4ccc(-c5ccc(-n6c7c(c8c6C=CCC8)CCC=C7)cc5)cc4)cc3)cc1)N=CCC2. The average Bonchev–Trinajstić information content (AvgIpc) is 3.73. The Balaban J connectivity index is 0.931. The van der Waals surface area contributed by atoms with E-state index in [2.05, 4.69) is 177 Å². The Morgan fingerprint density at radius 2 is 1.06 bits per heavy atom. The van der Waals surface area contributed by atoms with E-state index in [-0.39, 0.29) is 5.41 Å². The number of nitrogens with zero attached hydrogens (tertiary/aromatic N) is 3. The first-order valence-corrected chi connectivity index (χ1v) is 19.9. The molecule has 3 heterocycles. The molecular formula is C51H49N3. The van der Waals surface area contributed by atoms with E-state index < -0.39 is 0 Å². The fraction of sp³-hybridized carbons (Fsp3) is 0.235. The van der Waals surface area contributed by atoms with E-state index in [0.717, 1.165) is 56.5 Å². The number of hydrogen-bond acceptors (Lipinski definition) is 1. The van der Waals surface area contributed by atoms with Crippen LogP contribution in [0.15, 0.2) is 120 Å². The first-order chi connectivity index (χ1) is 26.5. The monoisotopic (exact) mass is 703 g/mol. The molecule has 0 amide bonds. The molecule has 0 unspecified atom stereocenters. The topological polar surface area (TPSA) is 22.2 Å². The van der Waals surface area contributed by atoms with E-state index in [4.69, 9.17) is 4.99 Å². The molecule has 1 aliphatic heterocycles. The lowest BCUT2D eigenvalue weighted by atomic mass is 9.77. The summed E-state index contributed by atoms with van der Waals surface area (Å²) in [6.45, 7) is 9.01. The quantitative estimate of drug-likeness (QED) is 0.151. The first kappa shape index (κ1) is 34.1. The Hall–Kier alpha value is -5.67. The van der Waals surface area contributed by atoms with E-state index in [1.165, 1.54) is 67.3 Å². The summed E-state index contributed by atoms with van der Waals surface area (Å²) in [5, 5.41) is 0. The van der Waals surface area contributed by atoms with Crippen molar-refractivity contribution in [3.05, 3.63) is 166 Å². The van der Waals surface area contributed by atoms with Crippen molar-refractivity contribution in [2.75, 3.05) is 0 Å². The minimum Gasteiger partial charge on any atom is -0.310 e. The molecule has 0 fully saturated rings. The second-order valence-corrected chi connectivity index (χ2v) is 15.5. The van der Waals surface area contributed by atoms with Crippen LogP contribution in [0.3, 0.4) is 0 Å². The second kappa shape index (κ2) is 14.0. The number of aromatic nitrogens is 2. The van der Waals surface area contributed by atoms with Crippen molar-refractivity contribution in [1.29, 1.82) is 0 Å². The van der Waals surface area contributed by atoms with Gasteiger partial charge in [0.2, 0.25) is 0 Å². The molecular weight excluding hydrogens is 655 g/mol. The number of aliphatic imine (C=N–C) groups is 1. The highest BCUT2D eigenvalue weighted by Gasteiger charge is 2.26. The summed E-state index contributed by atoms with van der Waals surface area (Å²) in [5.41, 5.74) is 19.7. The Kier molecular flexibility index (Phi) is 8.82. The predicted molar refractivity (Wildman–Crippen MR) is 230 cm³/mol. The van der Waals surface area contributed by atoms with Gasteiger partial charge in [0.05, 0.1) is 5.69 Å². The van der Waals surface area contributed by atoms with Crippen LogP contribution < -0.4 is 0 Å². The van der Waals surface area contributed by atoms with E-state index in [1.54, 1.807) is 11.1 Å². The molecule has 2 aliphatic carbocycles. The fourth-order valence-electron chi connectivity index (χ4n) is 9.09. The van der Waals surface area contributed by atoms with Gasteiger partial charge in [-0.25, -0.2) is 4.99 Å². The van der Waals surface area contributed by atoms with Crippen LogP contribution in [-0.2, 0) is 31.1 Å². The smallest absolute Gasteiger partial charge is 0.140 e. The van der Waals surface area contributed by atoms with Gasteiger partial charge < -0.3 is 4.57 Å². The summed E-state index contributed by atoms with van der Waals surface area (Å²) in [6.07, 6.45) is 23.4. The molecule has 0 saturated carbocycles. The van der Waals surface area contributed by atoms with Gasteiger partial charge in [-0.15, -0.1) is 0 Å². The zero-order valence-corrected chi connectivity index (χ0v) is 32.1. The first-order valence-electron chi connectivity index (χ1n) is 19.9. The molecule has 3 heteroatoms. The van der Waals surface area contributed by atoms with Crippen LogP contribution in [0, 0.1) is 0 Å². The summed E-state index contributed by atoms with van der Waals surface area (Å²) in [6, 6.07) is 36.4. The highest BCUT2D eigenvalue weighted by molar-refractivity contribution is 5.76. The summed E-state index contributed by atoms with van der Waals surface area (Å²) in [5.74, 6) is 1.09. The Bertz CT molecular complexity index is 2420. The summed E-state index contributed by atoms with van der Waals surface area (Å²) >= 11 is 0. The van der Waals surface area contributed by atoms with Gasteiger partial charge in [0.15, 0.2) is 0 Å². The molecule has 0 atom stereocenters. The normalized spacial score (nSPS) is 14.7. The average molecular weight is 704 g/mol. The number of fused-ring (bicyclic) bond motifs is 4. The van der Waals surface area contributed by atoms with E-state index in [0.29, 0.717) is 0 Å². The molecule has 0 spiro atoms. The van der Waals surface area contributed by atoms with Crippen LogP contribution in [0.25, 0.3) is 51.9 Å². The second-order valence-electron chi connectivity index (χ2n) is 15.5. The molecule has 2 aromatic heterocycles. The number of benzene rings is 4. The van der Waals surface area contributed by atoms with Gasteiger partial charge in [-0.05, 0) is 144 Å². The largest absolute Gasteiger partial charge is 0.310 e. The van der Waals surface area contributed by atoms with Crippen molar-refractivity contribution < 1.29 is 0 Å². The molecule has 54 heavy (non-hydrogen) atoms. The standard InChI is InChI=1S/C51H49N3/c1-5-12-47-43(6-2)46-15-11-34-52-50(46)54(47)42-32-24-38(25-33-42)36-20-28-40(29-21-36)51(3,4)39-26-18-35(19-27-39)37-22-30-41(31-23-37)53-48-16-9-7-13-44(48)45-14-8-10-17-49(45)53/h5,9-10,12,16-34H,6-8,11,13-15H2,1-4H3/b12-5-. The molecule has 9 rings (SSSR count). The number of allylic oxidation sites excluding steroid dienone is 3. The minimum absolute atomic E-state index is 0.132. The van der Waals surface area contributed by atoms with E-state index >= 15 is 0 Å². The highest BCUT2D eigenvalue weighted by Crippen LogP contribution is 2.39. The zero-order chi connectivity index (χ0) is 36.8. The lowest BCUT2D eigenvalue weighted by molar-refractivity contribution is 0.641. The lowest BCUT2D eigenvalue weighted by Gasteiger charge is -2.26. The van der Waals surface area contributed by atoms with Crippen molar-refractivity contribution in [1.82, 2.24) is 9.13 Å². The zero-order valence-electron chi connectivity index (χ0n) is 32.1. The van der Waals surface area contributed by atoms with Crippen molar-refractivity contribution >= 4 is 30.3 Å². The van der Waals surface area contributed by atoms with Gasteiger partial charge >= 0.3 is 0 Å². The van der Waals surface area contributed by atoms with Gasteiger partial charge in [0.25, 0.3) is 0 Å². The predicted octanol–water partition coefficient (Wildman–Crippen LogP) is 13.1. The van der Waals surface area contributed by atoms with Crippen LogP contribution >= 0.6 is 0 Å². The van der Waals surface area contributed by atoms with Crippen molar-refractivity contribution in [2.45, 2.75) is 78.1 Å². The minimum atomic E-state index is -0.132. The highest BCUT2D eigenvalue weighted by atomic mass is 15.1. The number of rotatable bonds is 8. The van der Waals surface area contributed by atoms with Crippen LogP contribution in [0.4, 0.5) is 5.82 Å². The molecule has 268 valence electrons. The molecule has 3 aliphatic rings. The summed E-state index contributed by atoms with van der Waals surface area (Å²) in [7, 11) is 0. The van der Waals surface area contributed by atoms with Gasteiger partial charge in [0, 0.05) is 40.0 Å². The van der Waals surface area contributed by atoms with E-state index in [9.17, 15) is 0 Å². The van der Waals surface area contributed by atoms with Gasteiger partial charge in [-0.3, -0.25) is 4.57 Å².